The number of hydrogen-bond acceptors (Lipinski definition) is 5. The molecular weight excluding hydrogens is 408 g/mol. The Balaban J connectivity index is 1.27. The molecule has 2 aromatic carbocycles. The van der Waals surface area contributed by atoms with Gasteiger partial charge in [0.1, 0.15) is 6.04 Å². The molecule has 164 valence electrons. The first-order valence-electron chi connectivity index (χ1n) is 10.9. The number of amides is 4. The monoisotopic (exact) mass is 432 g/mol. The van der Waals surface area contributed by atoms with Crippen molar-refractivity contribution in [1.82, 2.24) is 15.1 Å². The summed E-state index contributed by atoms with van der Waals surface area (Å²) >= 11 is 0. The first-order valence-corrected chi connectivity index (χ1v) is 10.9. The largest absolute Gasteiger partial charge is 0.376 e. The molecule has 2 unspecified atom stereocenters. The molecular formula is C24H24N4O4. The molecule has 4 amide bonds. The van der Waals surface area contributed by atoms with Crippen LogP contribution in [-0.2, 0) is 20.9 Å². The van der Waals surface area contributed by atoms with Gasteiger partial charge in [0, 0.05) is 36.3 Å². The maximum Gasteiger partial charge on any atom is 0.255 e. The number of carbonyl (C=O) groups excluding carboxylic acids is 4. The molecule has 5 rings (SSSR count). The van der Waals surface area contributed by atoms with Crippen LogP contribution in [0.15, 0.2) is 48.5 Å². The standard InChI is InChI=1S/C24H24N4O4/c29-21-10-9-20(23(31)26-21)28-14-17-16(24(28)32)7-4-8-18(17)25-13-22(30)27-12-11-19(27)15-5-2-1-3-6-15/h1-8,19-20,25H,9-14H2,(H,26,29,31). The van der Waals surface area contributed by atoms with E-state index in [0.717, 1.165) is 29.8 Å². The Morgan fingerprint density at radius 1 is 1.00 bits per heavy atom. The summed E-state index contributed by atoms with van der Waals surface area (Å²) in [5, 5.41) is 5.52. The number of fused-ring (bicyclic) bond motifs is 1. The van der Waals surface area contributed by atoms with Crippen molar-refractivity contribution in [2.75, 3.05) is 18.4 Å². The lowest BCUT2D eigenvalue weighted by Gasteiger charge is -2.41. The number of benzene rings is 2. The molecule has 0 aliphatic carbocycles. The van der Waals surface area contributed by atoms with E-state index >= 15 is 0 Å². The van der Waals surface area contributed by atoms with Gasteiger partial charge in [-0.05, 0) is 30.5 Å². The number of piperidine rings is 1. The highest BCUT2D eigenvalue weighted by atomic mass is 16.2. The number of nitrogens with zero attached hydrogens (tertiary/aromatic N) is 2. The predicted octanol–water partition coefficient (Wildman–Crippen LogP) is 1.83. The maximum atomic E-state index is 12.9. The number of nitrogens with one attached hydrogen (secondary N) is 2. The van der Waals surface area contributed by atoms with Gasteiger partial charge in [-0.2, -0.15) is 0 Å². The van der Waals surface area contributed by atoms with E-state index in [1.807, 2.05) is 41.3 Å². The van der Waals surface area contributed by atoms with Gasteiger partial charge >= 0.3 is 0 Å². The number of rotatable bonds is 5. The molecule has 0 bridgehead atoms. The summed E-state index contributed by atoms with van der Waals surface area (Å²) in [4.78, 5) is 52.9. The third-order valence-corrected chi connectivity index (χ3v) is 6.54. The molecule has 2 N–H and O–H groups in total. The molecule has 2 fully saturated rings. The molecule has 8 nitrogen and oxygen atoms in total. The zero-order valence-electron chi connectivity index (χ0n) is 17.5. The Bertz CT molecular complexity index is 1100. The molecule has 3 aliphatic rings. The van der Waals surface area contributed by atoms with Gasteiger partial charge in [0.25, 0.3) is 5.91 Å². The first-order chi connectivity index (χ1) is 15.5. The second-order valence-electron chi connectivity index (χ2n) is 8.39. The third kappa shape index (κ3) is 3.51. The van der Waals surface area contributed by atoms with Crippen molar-refractivity contribution in [3.05, 3.63) is 65.2 Å². The zero-order chi connectivity index (χ0) is 22.2. The van der Waals surface area contributed by atoms with E-state index in [9.17, 15) is 19.2 Å². The molecule has 0 radical (unpaired) electrons. The minimum Gasteiger partial charge on any atom is -0.376 e. The Kier molecular flexibility index (Phi) is 5.13. The van der Waals surface area contributed by atoms with E-state index in [1.54, 1.807) is 12.1 Å². The second kappa shape index (κ2) is 8.11. The van der Waals surface area contributed by atoms with Crippen molar-refractivity contribution < 1.29 is 19.2 Å². The van der Waals surface area contributed by atoms with E-state index < -0.39 is 11.9 Å². The minimum absolute atomic E-state index is 0.00839. The highest BCUT2D eigenvalue weighted by Crippen LogP contribution is 2.34. The van der Waals surface area contributed by atoms with E-state index in [2.05, 4.69) is 10.6 Å². The average Bonchev–Trinajstić information content (AvgIpc) is 3.09. The van der Waals surface area contributed by atoms with Crippen LogP contribution in [0.5, 0.6) is 0 Å². The van der Waals surface area contributed by atoms with Crippen LogP contribution in [0.25, 0.3) is 0 Å². The molecule has 8 heteroatoms. The smallest absolute Gasteiger partial charge is 0.255 e. The van der Waals surface area contributed by atoms with Crippen molar-refractivity contribution in [2.45, 2.75) is 37.9 Å². The van der Waals surface area contributed by atoms with Crippen molar-refractivity contribution >= 4 is 29.3 Å². The summed E-state index contributed by atoms with van der Waals surface area (Å²) in [5.74, 6) is -0.960. The molecule has 32 heavy (non-hydrogen) atoms. The quantitative estimate of drug-likeness (QED) is 0.703. The molecule has 0 aromatic heterocycles. The van der Waals surface area contributed by atoms with Gasteiger partial charge in [-0.15, -0.1) is 0 Å². The fourth-order valence-electron chi connectivity index (χ4n) is 4.73. The highest BCUT2D eigenvalue weighted by Gasteiger charge is 2.40. The number of hydrogen-bond donors (Lipinski definition) is 2. The Hall–Kier alpha value is -3.68. The number of carbonyl (C=O) groups is 4. The summed E-state index contributed by atoms with van der Waals surface area (Å²) in [7, 11) is 0. The van der Waals surface area contributed by atoms with Crippen molar-refractivity contribution in [3.63, 3.8) is 0 Å². The van der Waals surface area contributed by atoms with Gasteiger partial charge in [0.2, 0.25) is 17.7 Å². The Morgan fingerprint density at radius 2 is 1.81 bits per heavy atom. The summed E-state index contributed by atoms with van der Waals surface area (Å²) in [6.45, 7) is 1.13. The number of likely N-dealkylation sites (tertiary alicyclic amines) is 1. The molecule has 0 spiro atoms. The van der Waals surface area contributed by atoms with Gasteiger partial charge in [0.15, 0.2) is 0 Å². The Labute approximate surface area is 185 Å². The number of anilines is 1. The van der Waals surface area contributed by atoms with E-state index in [0.29, 0.717) is 12.0 Å². The van der Waals surface area contributed by atoms with E-state index in [4.69, 9.17) is 0 Å². The van der Waals surface area contributed by atoms with Gasteiger partial charge in [-0.1, -0.05) is 36.4 Å². The van der Waals surface area contributed by atoms with Crippen LogP contribution in [0.4, 0.5) is 5.69 Å². The van der Waals surface area contributed by atoms with Crippen molar-refractivity contribution in [2.24, 2.45) is 0 Å². The average molecular weight is 432 g/mol. The van der Waals surface area contributed by atoms with Crippen LogP contribution >= 0.6 is 0 Å². The van der Waals surface area contributed by atoms with Crippen LogP contribution in [0.2, 0.25) is 0 Å². The van der Waals surface area contributed by atoms with Gasteiger partial charge in [0.05, 0.1) is 12.6 Å². The summed E-state index contributed by atoms with van der Waals surface area (Å²) in [5.41, 5.74) is 3.16. The first kappa shape index (κ1) is 20.2. The Morgan fingerprint density at radius 3 is 2.53 bits per heavy atom. The fourth-order valence-corrected chi connectivity index (χ4v) is 4.73. The lowest BCUT2D eigenvalue weighted by atomic mass is 9.94. The van der Waals surface area contributed by atoms with E-state index in [1.165, 1.54) is 4.90 Å². The SMILES string of the molecule is O=C1CCC(N2Cc3c(NCC(=O)N4CCC4c4ccccc4)cccc3C2=O)C(=O)N1. The normalized spacial score (nSPS) is 22.3. The van der Waals surface area contributed by atoms with Crippen LogP contribution in [-0.4, -0.2) is 52.6 Å². The molecule has 3 heterocycles. The molecule has 0 saturated carbocycles. The summed E-state index contributed by atoms with van der Waals surface area (Å²) in [6.07, 6.45) is 1.49. The van der Waals surface area contributed by atoms with Crippen LogP contribution in [0.3, 0.4) is 0 Å². The maximum absolute atomic E-state index is 12.9. The number of imide groups is 1. The molecule has 3 aliphatic heterocycles. The van der Waals surface area contributed by atoms with E-state index in [-0.39, 0.29) is 43.3 Å². The van der Waals surface area contributed by atoms with Crippen molar-refractivity contribution in [3.8, 4) is 0 Å². The zero-order valence-corrected chi connectivity index (χ0v) is 17.5. The van der Waals surface area contributed by atoms with Crippen molar-refractivity contribution in [1.29, 1.82) is 0 Å². The predicted molar refractivity (Wildman–Crippen MR) is 116 cm³/mol. The van der Waals surface area contributed by atoms with Crippen LogP contribution < -0.4 is 10.6 Å². The summed E-state index contributed by atoms with van der Waals surface area (Å²) in [6, 6.07) is 14.8. The lowest BCUT2D eigenvalue weighted by Crippen LogP contribution is -2.52. The lowest BCUT2D eigenvalue weighted by molar-refractivity contribution is -0.138. The van der Waals surface area contributed by atoms with Gasteiger partial charge in [-0.25, -0.2) is 0 Å². The van der Waals surface area contributed by atoms with Gasteiger partial charge in [-0.3, -0.25) is 24.5 Å². The van der Waals surface area contributed by atoms with Gasteiger partial charge < -0.3 is 15.1 Å². The van der Waals surface area contributed by atoms with Crippen LogP contribution in [0.1, 0.15) is 46.8 Å². The summed E-state index contributed by atoms with van der Waals surface area (Å²) < 4.78 is 0. The molecule has 2 atom stereocenters. The fraction of sp³-hybridized carbons (Fsp3) is 0.333. The van der Waals surface area contributed by atoms with Crippen LogP contribution in [0, 0.1) is 0 Å². The third-order valence-electron chi connectivity index (χ3n) is 6.54. The highest BCUT2D eigenvalue weighted by molar-refractivity contribution is 6.06. The topological polar surface area (TPSA) is 98.8 Å². The second-order valence-corrected chi connectivity index (χ2v) is 8.39. The molecule has 2 aromatic rings. The molecule has 2 saturated heterocycles. The minimum atomic E-state index is -0.658.